The summed E-state index contributed by atoms with van der Waals surface area (Å²) >= 11 is 0. The summed E-state index contributed by atoms with van der Waals surface area (Å²) in [7, 11) is 1.26. The van der Waals surface area contributed by atoms with Gasteiger partial charge in [-0.2, -0.15) is 13.2 Å². The van der Waals surface area contributed by atoms with Gasteiger partial charge in [0.1, 0.15) is 5.75 Å². The third-order valence-electron chi connectivity index (χ3n) is 3.64. The predicted octanol–water partition coefficient (Wildman–Crippen LogP) is 3.22. The van der Waals surface area contributed by atoms with Crippen molar-refractivity contribution >= 4 is 5.97 Å². The lowest BCUT2D eigenvalue weighted by Gasteiger charge is -2.38. The van der Waals surface area contributed by atoms with E-state index in [0.717, 1.165) is 12.1 Å². The van der Waals surface area contributed by atoms with Crippen LogP contribution in [0.5, 0.6) is 5.75 Å². The van der Waals surface area contributed by atoms with E-state index in [-0.39, 0.29) is 11.3 Å². The van der Waals surface area contributed by atoms with Crippen molar-refractivity contribution in [2.45, 2.75) is 30.9 Å². The fraction of sp³-hybridized carbons (Fsp3) is 0.462. The Kier molecular flexibility index (Phi) is 3.20. The highest BCUT2D eigenvalue weighted by Gasteiger charge is 2.47. The van der Waals surface area contributed by atoms with Gasteiger partial charge in [-0.1, -0.05) is 6.42 Å². The molecular weight excluding hydrogens is 261 g/mol. The number of methoxy groups -OCH3 is 1. The highest BCUT2D eigenvalue weighted by Crippen LogP contribution is 2.46. The van der Waals surface area contributed by atoms with Crippen molar-refractivity contribution in [2.75, 3.05) is 7.11 Å². The Morgan fingerprint density at radius 2 is 1.95 bits per heavy atom. The lowest BCUT2D eigenvalue weighted by Crippen LogP contribution is -2.42. The number of carbonyl (C=O) groups is 1. The number of carboxylic acid groups (broad SMARTS) is 1. The van der Waals surface area contributed by atoms with Crippen molar-refractivity contribution in [1.29, 1.82) is 0 Å². The van der Waals surface area contributed by atoms with Gasteiger partial charge in [0, 0.05) is 0 Å². The van der Waals surface area contributed by atoms with Crippen molar-refractivity contribution in [3.8, 4) is 5.75 Å². The molecule has 0 aliphatic heterocycles. The Labute approximate surface area is 108 Å². The number of hydrogen-bond donors (Lipinski definition) is 1. The van der Waals surface area contributed by atoms with Crippen LogP contribution in [0.15, 0.2) is 18.2 Å². The molecule has 1 N–H and O–H groups in total. The van der Waals surface area contributed by atoms with Gasteiger partial charge in [-0.3, -0.25) is 4.79 Å². The van der Waals surface area contributed by atoms with Crippen LogP contribution in [0.25, 0.3) is 0 Å². The topological polar surface area (TPSA) is 46.5 Å². The second-order valence-corrected chi connectivity index (χ2v) is 4.69. The molecule has 0 unspecified atom stereocenters. The van der Waals surface area contributed by atoms with Crippen LogP contribution < -0.4 is 4.74 Å². The molecule has 1 fully saturated rings. The van der Waals surface area contributed by atoms with E-state index < -0.39 is 23.1 Å². The maximum Gasteiger partial charge on any atom is 0.416 e. The Bertz CT molecular complexity index is 504. The molecule has 2 rings (SSSR count). The first-order valence-corrected chi connectivity index (χ1v) is 5.80. The van der Waals surface area contributed by atoms with Gasteiger partial charge in [0.2, 0.25) is 0 Å². The summed E-state index contributed by atoms with van der Waals surface area (Å²) in [5.74, 6) is -1.06. The van der Waals surface area contributed by atoms with Gasteiger partial charge in [-0.05, 0) is 36.6 Å². The molecule has 1 aliphatic carbocycles. The van der Waals surface area contributed by atoms with Gasteiger partial charge in [-0.25, -0.2) is 0 Å². The fourth-order valence-electron chi connectivity index (χ4n) is 2.31. The Morgan fingerprint density at radius 1 is 1.32 bits per heavy atom. The Morgan fingerprint density at radius 3 is 2.32 bits per heavy atom. The van der Waals surface area contributed by atoms with E-state index in [1.807, 2.05) is 0 Å². The Balaban J connectivity index is 2.54. The van der Waals surface area contributed by atoms with Crippen LogP contribution in [-0.4, -0.2) is 18.2 Å². The molecule has 0 heterocycles. The summed E-state index contributed by atoms with van der Waals surface area (Å²) in [5.41, 5.74) is -1.92. The minimum absolute atomic E-state index is 0.0253. The molecule has 1 aromatic carbocycles. The first-order chi connectivity index (χ1) is 8.79. The number of carboxylic acids is 1. The summed E-state index contributed by atoms with van der Waals surface area (Å²) in [6, 6.07) is 3.16. The number of benzene rings is 1. The third kappa shape index (κ3) is 2.27. The van der Waals surface area contributed by atoms with Gasteiger partial charge in [0.25, 0.3) is 0 Å². The molecule has 0 aromatic heterocycles. The highest BCUT2D eigenvalue weighted by atomic mass is 19.4. The molecule has 3 nitrogen and oxygen atoms in total. The zero-order valence-corrected chi connectivity index (χ0v) is 10.3. The van der Waals surface area contributed by atoms with Crippen molar-refractivity contribution < 1.29 is 27.8 Å². The van der Waals surface area contributed by atoms with Gasteiger partial charge in [0.05, 0.1) is 18.1 Å². The predicted molar refractivity (Wildman–Crippen MR) is 61.2 cm³/mol. The molecule has 0 radical (unpaired) electrons. The number of alkyl halides is 3. The van der Waals surface area contributed by atoms with E-state index in [2.05, 4.69) is 0 Å². The second-order valence-electron chi connectivity index (χ2n) is 4.69. The first-order valence-electron chi connectivity index (χ1n) is 5.80. The van der Waals surface area contributed by atoms with E-state index in [0.29, 0.717) is 19.3 Å². The molecule has 0 atom stereocenters. The maximum atomic E-state index is 12.8. The summed E-state index contributed by atoms with van der Waals surface area (Å²) in [5, 5.41) is 9.27. The van der Waals surface area contributed by atoms with E-state index in [4.69, 9.17) is 4.74 Å². The van der Waals surface area contributed by atoms with Crippen molar-refractivity contribution in [2.24, 2.45) is 0 Å². The van der Waals surface area contributed by atoms with E-state index in [1.54, 1.807) is 0 Å². The number of rotatable bonds is 3. The molecule has 19 heavy (non-hydrogen) atoms. The van der Waals surface area contributed by atoms with Gasteiger partial charge >= 0.3 is 12.1 Å². The minimum atomic E-state index is -4.52. The molecular formula is C13H13F3O3. The second kappa shape index (κ2) is 4.43. The van der Waals surface area contributed by atoms with E-state index in [1.165, 1.54) is 13.2 Å². The van der Waals surface area contributed by atoms with Crippen LogP contribution in [0, 0.1) is 0 Å². The van der Waals surface area contributed by atoms with Crippen molar-refractivity contribution in [3.05, 3.63) is 29.3 Å². The van der Waals surface area contributed by atoms with Gasteiger partial charge in [0.15, 0.2) is 0 Å². The fourth-order valence-corrected chi connectivity index (χ4v) is 2.31. The van der Waals surface area contributed by atoms with Crippen molar-refractivity contribution in [1.82, 2.24) is 0 Å². The first kappa shape index (κ1) is 13.7. The average Bonchev–Trinajstić information content (AvgIpc) is 2.25. The maximum absolute atomic E-state index is 12.8. The monoisotopic (exact) mass is 274 g/mol. The van der Waals surface area contributed by atoms with Crippen LogP contribution in [0.2, 0.25) is 0 Å². The third-order valence-corrected chi connectivity index (χ3v) is 3.64. The van der Waals surface area contributed by atoms with Crippen LogP contribution >= 0.6 is 0 Å². The number of hydrogen-bond acceptors (Lipinski definition) is 2. The quantitative estimate of drug-likeness (QED) is 0.920. The van der Waals surface area contributed by atoms with Crippen molar-refractivity contribution in [3.63, 3.8) is 0 Å². The van der Waals surface area contributed by atoms with Gasteiger partial charge < -0.3 is 9.84 Å². The summed E-state index contributed by atoms with van der Waals surface area (Å²) in [6.07, 6.45) is -3.11. The van der Waals surface area contributed by atoms with Crippen LogP contribution in [0.4, 0.5) is 13.2 Å². The molecule has 104 valence electrons. The average molecular weight is 274 g/mol. The molecule has 6 heteroatoms. The lowest BCUT2D eigenvalue weighted by molar-refractivity contribution is -0.148. The van der Waals surface area contributed by atoms with Gasteiger partial charge in [-0.15, -0.1) is 0 Å². The standard InChI is InChI=1S/C13H13F3O3/c1-19-10-6-8(5-9(7-10)13(14,15)16)12(11(17)18)3-2-4-12/h5-7H,2-4H2,1H3,(H,17,18). The number of ether oxygens (including phenoxy) is 1. The van der Waals surface area contributed by atoms with Crippen LogP contribution in [0.3, 0.4) is 0 Å². The molecule has 0 spiro atoms. The SMILES string of the molecule is COc1cc(C(F)(F)F)cc(C2(C(=O)O)CCC2)c1. The molecule has 1 aromatic rings. The molecule has 0 saturated heterocycles. The molecule has 1 aliphatic rings. The summed E-state index contributed by atoms with van der Waals surface area (Å²) in [6.45, 7) is 0. The van der Waals surface area contributed by atoms with E-state index >= 15 is 0 Å². The largest absolute Gasteiger partial charge is 0.497 e. The minimum Gasteiger partial charge on any atom is -0.497 e. The van der Waals surface area contributed by atoms with E-state index in [9.17, 15) is 23.1 Å². The lowest BCUT2D eigenvalue weighted by atomic mass is 9.64. The normalized spacial score (nSPS) is 17.7. The highest BCUT2D eigenvalue weighted by molar-refractivity contribution is 5.82. The summed E-state index contributed by atoms with van der Waals surface area (Å²) in [4.78, 5) is 11.3. The molecule has 0 bridgehead atoms. The number of aliphatic carboxylic acids is 1. The van der Waals surface area contributed by atoms with Crippen LogP contribution in [-0.2, 0) is 16.4 Å². The molecule has 1 saturated carbocycles. The smallest absolute Gasteiger partial charge is 0.416 e. The van der Waals surface area contributed by atoms with Crippen LogP contribution in [0.1, 0.15) is 30.4 Å². The number of halogens is 3. The molecule has 0 amide bonds. The zero-order chi connectivity index (χ0) is 14.3. The summed E-state index contributed by atoms with van der Waals surface area (Å²) < 4.78 is 43.2. The Hall–Kier alpha value is -1.72. The zero-order valence-electron chi connectivity index (χ0n) is 10.3.